The molecule has 4 heteroatoms. The molecule has 0 aromatic rings. The van der Waals surface area contributed by atoms with Gasteiger partial charge in [0, 0.05) is 25.9 Å². The van der Waals surface area contributed by atoms with Crippen molar-refractivity contribution in [2.45, 2.75) is 32.6 Å². The van der Waals surface area contributed by atoms with E-state index in [4.69, 9.17) is 5.11 Å². The van der Waals surface area contributed by atoms with Crippen molar-refractivity contribution in [2.24, 2.45) is 5.92 Å². The minimum absolute atomic E-state index is 0.160. The lowest BCUT2D eigenvalue weighted by Crippen LogP contribution is -2.28. The lowest BCUT2D eigenvalue weighted by molar-refractivity contribution is -0.138. The fourth-order valence-corrected chi connectivity index (χ4v) is 1.84. The number of amides is 1. The zero-order valence-corrected chi connectivity index (χ0v) is 8.53. The molecule has 0 bridgehead atoms. The monoisotopic (exact) mass is 199 g/mol. The first kappa shape index (κ1) is 11.0. The van der Waals surface area contributed by atoms with E-state index >= 15 is 0 Å². The fraction of sp³-hybridized carbons (Fsp3) is 0.800. The molecule has 1 aliphatic rings. The molecule has 1 atom stereocenters. The highest BCUT2D eigenvalue weighted by molar-refractivity contribution is 5.76. The summed E-state index contributed by atoms with van der Waals surface area (Å²) in [5, 5.41) is 8.60. The molecular formula is C10H17NO3. The van der Waals surface area contributed by atoms with Crippen molar-refractivity contribution in [3.63, 3.8) is 0 Å². The van der Waals surface area contributed by atoms with Crippen LogP contribution in [0.15, 0.2) is 0 Å². The molecule has 14 heavy (non-hydrogen) atoms. The number of carboxylic acids is 1. The van der Waals surface area contributed by atoms with Gasteiger partial charge in [0.25, 0.3) is 0 Å². The summed E-state index contributed by atoms with van der Waals surface area (Å²) in [6, 6.07) is 0. The summed E-state index contributed by atoms with van der Waals surface area (Å²) in [4.78, 5) is 23.7. The van der Waals surface area contributed by atoms with Gasteiger partial charge in [-0.3, -0.25) is 9.59 Å². The Morgan fingerprint density at radius 1 is 1.50 bits per heavy atom. The Bertz CT molecular complexity index is 227. The first-order valence-corrected chi connectivity index (χ1v) is 5.13. The minimum atomic E-state index is -0.764. The van der Waals surface area contributed by atoms with Crippen molar-refractivity contribution >= 4 is 11.9 Å². The summed E-state index contributed by atoms with van der Waals surface area (Å²) in [5.41, 5.74) is 0. The molecule has 1 saturated heterocycles. The van der Waals surface area contributed by atoms with Gasteiger partial charge in [-0.25, -0.2) is 0 Å². The second-order valence-corrected chi connectivity index (χ2v) is 3.84. The molecule has 1 amide bonds. The van der Waals surface area contributed by atoms with Crippen molar-refractivity contribution in [2.75, 3.05) is 13.1 Å². The van der Waals surface area contributed by atoms with E-state index in [9.17, 15) is 9.59 Å². The minimum Gasteiger partial charge on any atom is -0.481 e. The Kier molecular flexibility index (Phi) is 3.92. The molecule has 1 rings (SSSR count). The van der Waals surface area contributed by atoms with Crippen LogP contribution in [-0.4, -0.2) is 35.0 Å². The number of carbonyl (C=O) groups is 2. The van der Waals surface area contributed by atoms with Crippen LogP contribution in [0.25, 0.3) is 0 Å². The normalized spacial score (nSPS) is 21.2. The van der Waals surface area contributed by atoms with Gasteiger partial charge in [-0.1, -0.05) is 6.92 Å². The predicted octanol–water partition coefficient (Wildman–Crippen LogP) is 1.11. The zero-order valence-electron chi connectivity index (χ0n) is 8.53. The topological polar surface area (TPSA) is 57.6 Å². The molecule has 0 spiro atoms. The first-order valence-electron chi connectivity index (χ1n) is 5.13. The Balaban J connectivity index is 2.33. The quantitative estimate of drug-likeness (QED) is 0.737. The molecule has 1 heterocycles. The van der Waals surface area contributed by atoms with E-state index in [2.05, 4.69) is 0 Å². The third kappa shape index (κ3) is 3.01. The second kappa shape index (κ2) is 4.98. The Morgan fingerprint density at radius 2 is 2.21 bits per heavy atom. The summed E-state index contributed by atoms with van der Waals surface area (Å²) in [6.45, 7) is 3.34. The van der Waals surface area contributed by atoms with Crippen LogP contribution in [0.3, 0.4) is 0 Å². The number of likely N-dealkylation sites (tertiary alicyclic amines) is 1. The number of hydrogen-bond acceptors (Lipinski definition) is 2. The van der Waals surface area contributed by atoms with Crippen molar-refractivity contribution < 1.29 is 14.7 Å². The maximum Gasteiger partial charge on any atom is 0.303 e. The van der Waals surface area contributed by atoms with Gasteiger partial charge in [-0.15, -0.1) is 0 Å². The summed E-state index contributed by atoms with van der Waals surface area (Å²) >= 11 is 0. The smallest absolute Gasteiger partial charge is 0.303 e. The van der Waals surface area contributed by atoms with Crippen LogP contribution < -0.4 is 0 Å². The van der Waals surface area contributed by atoms with Gasteiger partial charge >= 0.3 is 5.97 Å². The predicted molar refractivity (Wildman–Crippen MR) is 51.8 cm³/mol. The van der Waals surface area contributed by atoms with Crippen LogP contribution in [0.1, 0.15) is 32.6 Å². The molecule has 1 aliphatic heterocycles. The largest absolute Gasteiger partial charge is 0.481 e. The van der Waals surface area contributed by atoms with E-state index in [1.54, 1.807) is 4.90 Å². The standard InChI is InChI=1S/C10H17NO3/c1-2-3-9(12)11-5-4-8(7-11)6-10(13)14/h8H,2-7H2,1H3,(H,13,14). The number of carboxylic acid groups (broad SMARTS) is 1. The maximum absolute atomic E-state index is 11.5. The van der Waals surface area contributed by atoms with Crippen LogP contribution in [-0.2, 0) is 9.59 Å². The number of hydrogen-bond donors (Lipinski definition) is 1. The average molecular weight is 199 g/mol. The average Bonchev–Trinajstić information content (AvgIpc) is 2.52. The van der Waals surface area contributed by atoms with Gasteiger partial charge in [0.05, 0.1) is 0 Å². The Morgan fingerprint density at radius 3 is 2.79 bits per heavy atom. The molecule has 4 nitrogen and oxygen atoms in total. The third-order valence-corrected chi connectivity index (χ3v) is 2.57. The van der Waals surface area contributed by atoms with Gasteiger partial charge in [0.15, 0.2) is 0 Å². The van der Waals surface area contributed by atoms with Gasteiger partial charge in [0.2, 0.25) is 5.91 Å². The van der Waals surface area contributed by atoms with Crippen LogP contribution in [0, 0.1) is 5.92 Å². The van der Waals surface area contributed by atoms with Crippen molar-refractivity contribution in [1.29, 1.82) is 0 Å². The summed E-state index contributed by atoms with van der Waals surface area (Å²) < 4.78 is 0. The Labute approximate surface area is 83.9 Å². The van der Waals surface area contributed by atoms with E-state index in [1.165, 1.54) is 0 Å². The first-order chi connectivity index (χ1) is 6.63. The van der Waals surface area contributed by atoms with E-state index in [1.807, 2.05) is 6.92 Å². The number of aliphatic carboxylic acids is 1. The van der Waals surface area contributed by atoms with Crippen LogP contribution >= 0.6 is 0 Å². The SMILES string of the molecule is CCCC(=O)N1CCC(CC(=O)O)C1. The highest BCUT2D eigenvalue weighted by atomic mass is 16.4. The lowest BCUT2D eigenvalue weighted by atomic mass is 10.1. The molecule has 0 aromatic heterocycles. The molecule has 1 unspecified atom stereocenters. The molecule has 1 fully saturated rings. The molecule has 0 aliphatic carbocycles. The molecular weight excluding hydrogens is 182 g/mol. The van der Waals surface area contributed by atoms with Crippen molar-refractivity contribution in [3.05, 3.63) is 0 Å². The molecule has 80 valence electrons. The number of rotatable bonds is 4. The summed E-state index contributed by atoms with van der Waals surface area (Å²) in [5.74, 6) is -0.437. The van der Waals surface area contributed by atoms with Gasteiger partial charge in [-0.2, -0.15) is 0 Å². The van der Waals surface area contributed by atoms with Gasteiger partial charge < -0.3 is 10.0 Å². The van der Waals surface area contributed by atoms with E-state index in [-0.39, 0.29) is 18.2 Å². The second-order valence-electron chi connectivity index (χ2n) is 3.84. The van der Waals surface area contributed by atoms with Crippen LogP contribution in [0.2, 0.25) is 0 Å². The van der Waals surface area contributed by atoms with E-state index in [0.717, 1.165) is 19.4 Å². The van der Waals surface area contributed by atoms with Gasteiger partial charge in [-0.05, 0) is 18.8 Å². The van der Waals surface area contributed by atoms with E-state index in [0.29, 0.717) is 13.0 Å². The van der Waals surface area contributed by atoms with E-state index < -0.39 is 5.97 Å². The van der Waals surface area contributed by atoms with Crippen LogP contribution in [0.5, 0.6) is 0 Å². The lowest BCUT2D eigenvalue weighted by Gasteiger charge is -2.15. The highest BCUT2D eigenvalue weighted by Gasteiger charge is 2.26. The van der Waals surface area contributed by atoms with Crippen molar-refractivity contribution in [1.82, 2.24) is 4.90 Å². The fourth-order valence-electron chi connectivity index (χ4n) is 1.84. The van der Waals surface area contributed by atoms with Gasteiger partial charge in [0.1, 0.15) is 0 Å². The molecule has 1 N–H and O–H groups in total. The number of carbonyl (C=O) groups excluding carboxylic acids is 1. The highest BCUT2D eigenvalue weighted by Crippen LogP contribution is 2.20. The summed E-state index contributed by atoms with van der Waals surface area (Å²) in [6.07, 6.45) is 2.47. The molecule has 0 saturated carbocycles. The van der Waals surface area contributed by atoms with Crippen molar-refractivity contribution in [3.8, 4) is 0 Å². The number of nitrogens with zero attached hydrogens (tertiary/aromatic N) is 1. The molecule has 0 aromatic carbocycles. The maximum atomic E-state index is 11.5. The third-order valence-electron chi connectivity index (χ3n) is 2.57. The van der Waals surface area contributed by atoms with Crippen LogP contribution in [0.4, 0.5) is 0 Å². The zero-order chi connectivity index (χ0) is 10.6. The molecule has 0 radical (unpaired) electrons. The summed E-state index contributed by atoms with van der Waals surface area (Å²) in [7, 11) is 0. The Hall–Kier alpha value is -1.06.